The van der Waals surface area contributed by atoms with E-state index in [4.69, 9.17) is 15.0 Å². The van der Waals surface area contributed by atoms with Crippen LogP contribution >= 0.6 is 0 Å². The Kier molecular flexibility index (Phi) is 7.52. The molecule has 0 fully saturated rings. The van der Waals surface area contributed by atoms with Crippen LogP contribution < -0.4 is 0 Å². The fourth-order valence-corrected chi connectivity index (χ4v) is 9.19. The molecular weight excluding hydrogens is 691 g/mol. The van der Waals surface area contributed by atoms with Gasteiger partial charge in [-0.1, -0.05) is 190 Å². The third kappa shape index (κ3) is 5.38. The molecule has 0 radical (unpaired) electrons. The molecule has 0 atom stereocenters. The van der Waals surface area contributed by atoms with E-state index in [2.05, 4.69) is 184 Å². The van der Waals surface area contributed by atoms with Gasteiger partial charge in [-0.15, -0.1) is 0 Å². The predicted molar refractivity (Wildman–Crippen MR) is 237 cm³/mol. The van der Waals surface area contributed by atoms with E-state index in [0.717, 1.165) is 27.8 Å². The maximum atomic E-state index is 5.19. The van der Waals surface area contributed by atoms with E-state index in [1.807, 2.05) is 18.2 Å². The quantitative estimate of drug-likeness (QED) is 0.131. The summed E-state index contributed by atoms with van der Waals surface area (Å²) >= 11 is 0. The standard InChI is InChI=1S/C54H37N3/c1-54(2)47-25-11-10-22-45(47)46-24-13-23-44(50(46)54)39-18-12-19-41(33-39)53-56-51(36-15-4-3-5-16-36)55-52(57-53)37-29-27-35(28-30-37)48-43-21-9-7-17-38(43)32-40-31-26-34-14-6-8-20-42(34)49(40)48/h3-33H,1-2H3. The van der Waals surface area contributed by atoms with E-state index in [1.165, 1.54) is 65.7 Å². The van der Waals surface area contributed by atoms with Crippen LogP contribution in [-0.4, -0.2) is 15.0 Å². The SMILES string of the molecule is CC1(C)c2ccccc2-c2cccc(-c3cccc(-c4nc(-c5ccccc5)nc(-c5ccc(-c6c7ccccc7cc7ccc8ccccc8c67)cc5)n4)c3)c21. The highest BCUT2D eigenvalue weighted by atomic mass is 15.0. The van der Waals surface area contributed by atoms with Crippen molar-refractivity contribution in [2.45, 2.75) is 19.3 Å². The molecule has 1 aliphatic rings. The average molecular weight is 728 g/mol. The molecule has 11 rings (SSSR count). The van der Waals surface area contributed by atoms with Gasteiger partial charge in [-0.2, -0.15) is 0 Å². The lowest BCUT2D eigenvalue weighted by molar-refractivity contribution is 0.662. The van der Waals surface area contributed by atoms with Crippen LogP contribution in [0.2, 0.25) is 0 Å². The normalized spacial score (nSPS) is 12.9. The van der Waals surface area contributed by atoms with Crippen LogP contribution in [0.1, 0.15) is 25.0 Å². The zero-order valence-electron chi connectivity index (χ0n) is 31.7. The highest BCUT2D eigenvalue weighted by Crippen LogP contribution is 2.52. The van der Waals surface area contributed by atoms with E-state index in [-0.39, 0.29) is 5.41 Å². The Balaban J connectivity index is 1.05. The number of fused-ring (bicyclic) bond motifs is 7. The van der Waals surface area contributed by atoms with Crippen LogP contribution in [0.5, 0.6) is 0 Å². The molecule has 1 aromatic heterocycles. The zero-order valence-corrected chi connectivity index (χ0v) is 31.7. The van der Waals surface area contributed by atoms with Crippen molar-refractivity contribution in [2.24, 2.45) is 0 Å². The molecule has 0 unspecified atom stereocenters. The summed E-state index contributed by atoms with van der Waals surface area (Å²) in [6, 6.07) is 67.3. The highest BCUT2D eigenvalue weighted by Gasteiger charge is 2.37. The first-order valence-electron chi connectivity index (χ1n) is 19.6. The molecule has 0 amide bonds. The second-order valence-electron chi connectivity index (χ2n) is 15.6. The third-order valence-electron chi connectivity index (χ3n) is 11.9. The summed E-state index contributed by atoms with van der Waals surface area (Å²) < 4.78 is 0. The Morgan fingerprint density at radius 2 is 0.895 bits per heavy atom. The first-order valence-corrected chi connectivity index (χ1v) is 19.6. The minimum Gasteiger partial charge on any atom is -0.208 e. The molecule has 3 heteroatoms. The van der Waals surface area contributed by atoms with Gasteiger partial charge in [-0.25, -0.2) is 15.0 Å². The summed E-state index contributed by atoms with van der Waals surface area (Å²) in [6.07, 6.45) is 0. The number of rotatable bonds is 5. The summed E-state index contributed by atoms with van der Waals surface area (Å²) in [7, 11) is 0. The van der Waals surface area contributed by atoms with Gasteiger partial charge in [0.15, 0.2) is 17.5 Å². The molecule has 3 nitrogen and oxygen atoms in total. The van der Waals surface area contributed by atoms with Crippen LogP contribution in [0.15, 0.2) is 188 Å². The van der Waals surface area contributed by atoms with Gasteiger partial charge in [0.1, 0.15) is 0 Å². The number of benzene rings is 9. The number of nitrogens with zero attached hydrogens (tertiary/aromatic N) is 3. The minimum absolute atomic E-state index is 0.128. The van der Waals surface area contributed by atoms with E-state index >= 15 is 0 Å². The second-order valence-corrected chi connectivity index (χ2v) is 15.6. The molecule has 0 saturated carbocycles. The molecule has 268 valence electrons. The lowest BCUT2D eigenvalue weighted by Gasteiger charge is -2.24. The summed E-state index contributed by atoms with van der Waals surface area (Å²) in [6.45, 7) is 4.68. The van der Waals surface area contributed by atoms with Gasteiger partial charge in [0.2, 0.25) is 0 Å². The molecule has 0 aliphatic heterocycles. The van der Waals surface area contributed by atoms with Crippen LogP contribution in [0, 0.1) is 0 Å². The Morgan fingerprint density at radius 1 is 0.351 bits per heavy atom. The second kappa shape index (κ2) is 12.9. The van der Waals surface area contributed by atoms with Crippen LogP contribution in [0.25, 0.3) is 99.9 Å². The molecular formula is C54H37N3. The maximum absolute atomic E-state index is 5.19. The smallest absolute Gasteiger partial charge is 0.164 e. The topological polar surface area (TPSA) is 38.7 Å². The van der Waals surface area contributed by atoms with Crippen molar-refractivity contribution >= 4 is 32.3 Å². The van der Waals surface area contributed by atoms with Gasteiger partial charge in [-0.05, 0) is 89.0 Å². The molecule has 0 bridgehead atoms. The van der Waals surface area contributed by atoms with Crippen molar-refractivity contribution in [2.75, 3.05) is 0 Å². The minimum atomic E-state index is -0.128. The largest absolute Gasteiger partial charge is 0.208 e. The van der Waals surface area contributed by atoms with Crippen LogP contribution in [0.3, 0.4) is 0 Å². The van der Waals surface area contributed by atoms with E-state index in [1.54, 1.807) is 0 Å². The molecule has 1 aliphatic carbocycles. The number of hydrogen-bond donors (Lipinski definition) is 0. The summed E-state index contributed by atoms with van der Waals surface area (Å²) in [5.74, 6) is 1.93. The molecule has 10 aromatic rings. The van der Waals surface area contributed by atoms with Gasteiger partial charge in [0.25, 0.3) is 0 Å². The van der Waals surface area contributed by atoms with Crippen molar-refractivity contribution < 1.29 is 0 Å². The van der Waals surface area contributed by atoms with Gasteiger partial charge in [-0.3, -0.25) is 0 Å². The molecule has 9 aromatic carbocycles. The van der Waals surface area contributed by atoms with E-state index in [9.17, 15) is 0 Å². The van der Waals surface area contributed by atoms with Crippen LogP contribution in [0.4, 0.5) is 0 Å². The van der Waals surface area contributed by atoms with Crippen molar-refractivity contribution in [3.05, 3.63) is 199 Å². The fraction of sp³-hybridized carbons (Fsp3) is 0.0556. The average Bonchev–Trinajstić information content (AvgIpc) is 3.51. The maximum Gasteiger partial charge on any atom is 0.164 e. The van der Waals surface area contributed by atoms with Gasteiger partial charge in [0.05, 0.1) is 0 Å². The lowest BCUT2D eigenvalue weighted by Crippen LogP contribution is -2.16. The van der Waals surface area contributed by atoms with Crippen molar-refractivity contribution in [3.63, 3.8) is 0 Å². The number of aromatic nitrogens is 3. The third-order valence-corrected chi connectivity index (χ3v) is 11.9. The molecule has 0 N–H and O–H groups in total. The predicted octanol–water partition coefficient (Wildman–Crippen LogP) is 14.0. The van der Waals surface area contributed by atoms with Gasteiger partial charge < -0.3 is 0 Å². The Hall–Kier alpha value is -7.23. The Bertz CT molecular complexity index is 3200. The van der Waals surface area contributed by atoms with Crippen molar-refractivity contribution in [1.29, 1.82) is 0 Å². The van der Waals surface area contributed by atoms with Gasteiger partial charge >= 0.3 is 0 Å². The number of hydrogen-bond acceptors (Lipinski definition) is 3. The summed E-state index contributed by atoms with van der Waals surface area (Å²) in [4.78, 5) is 15.4. The van der Waals surface area contributed by atoms with Crippen molar-refractivity contribution in [3.8, 4) is 67.5 Å². The van der Waals surface area contributed by atoms with Crippen molar-refractivity contribution in [1.82, 2.24) is 15.0 Å². The van der Waals surface area contributed by atoms with Crippen LogP contribution in [-0.2, 0) is 5.41 Å². The Morgan fingerprint density at radius 3 is 1.70 bits per heavy atom. The first-order chi connectivity index (χ1) is 28.0. The van der Waals surface area contributed by atoms with E-state index < -0.39 is 0 Å². The zero-order chi connectivity index (χ0) is 38.1. The highest BCUT2D eigenvalue weighted by molar-refractivity contribution is 6.22. The summed E-state index contributed by atoms with van der Waals surface area (Å²) in [5, 5.41) is 7.45. The molecule has 57 heavy (non-hydrogen) atoms. The molecule has 0 spiro atoms. The first kappa shape index (κ1) is 33.1. The molecule has 0 saturated heterocycles. The fourth-order valence-electron chi connectivity index (χ4n) is 9.19. The Labute approximate surface area is 332 Å². The van der Waals surface area contributed by atoms with Gasteiger partial charge in [0, 0.05) is 22.1 Å². The monoisotopic (exact) mass is 727 g/mol. The van der Waals surface area contributed by atoms with E-state index in [0.29, 0.717) is 17.5 Å². The lowest BCUT2D eigenvalue weighted by atomic mass is 9.79. The summed E-state index contributed by atoms with van der Waals surface area (Å²) in [5.41, 5.74) is 12.8. The molecule has 1 heterocycles.